The maximum atomic E-state index is 6.77. The summed E-state index contributed by atoms with van der Waals surface area (Å²) in [6.07, 6.45) is 5.49. The van der Waals surface area contributed by atoms with Crippen LogP contribution in [0.3, 0.4) is 0 Å². The average molecular weight is 845 g/mol. The van der Waals surface area contributed by atoms with Crippen molar-refractivity contribution in [1.82, 2.24) is 14.1 Å². The van der Waals surface area contributed by atoms with Gasteiger partial charge in [0.1, 0.15) is 5.82 Å². The SMILES string of the molecule is C[n+]1[c-]n2c3c(cccc31)C1(c3ccc(Oc4[c-]c5c(cc4)c4ccccc4n5-c4ccccn4)[c-]c3-2)c2cc(C(C)(C)C)ccc2-c2ccc(C(C)(C)C)cc21.[Pd]. The number of para-hydroxylation sites is 2. The molecule has 288 valence electrons. The molecule has 11 rings (SSSR count). The molecule has 6 aromatic carbocycles. The van der Waals surface area contributed by atoms with Crippen LogP contribution in [0.15, 0.2) is 128 Å². The molecule has 0 atom stereocenters. The Bertz CT molecular complexity index is 3080. The van der Waals surface area contributed by atoms with Crippen LogP contribution in [0.5, 0.6) is 11.5 Å². The van der Waals surface area contributed by atoms with Crippen molar-refractivity contribution in [1.29, 1.82) is 0 Å². The van der Waals surface area contributed by atoms with E-state index in [1.165, 1.54) is 38.9 Å². The Kier molecular flexibility index (Phi) is 7.94. The molecule has 0 fully saturated rings. The molecular formula is C52H42N4OPd-2. The van der Waals surface area contributed by atoms with Gasteiger partial charge >= 0.3 is 0 Å². The van der Waals surface area contributed by atoms with Crippen LogP contribution in [0.4, 0.5) is 0 Å². The van der Waals surface area contributed by atoms with E-state index in [0.717, 1.165) is 49.9 Å². The first kappa shape index (κ1) is 36.5. The number of benzene rings is 6. The summed E-state index contributed by atoms with van der Waals surface area (Å²) in [5, 5.41) is 2.24. The molecule has 2 aliphatic rings. The number of imidazole rings is 1. The zero-order chi connectivity index (χ0) is 39.0. The molecule has 0 N–H and O–H groups in total. The van der Waals surface area contributed by atoms with Crippen molar-refractivity contribution in [2.45, 2.75) is 57.8 Å². The summed E-state index contributed by atoms with van der Waals surface area (Å²) in [7, 11) is 2.08. The summed E-state index contributed by atoms with van der Waals surface area (Å²) < 4.78 is 13.2. The van der Waals surface area contributed by atoms with Gasteiger partial charge in [-0.25, -0.2) is 4.98 Å². The fourth-order valence-corrected chi connectivity index (χ4v) is 9.52. The van der Waals surface area contributed by atoms with Crippen LogP contribution in [0.2, 0.25) is 0 Å². The topological polar surface area (TPSA) is 35.9 Å². The van der Waals surface area contributed by atoms with E-state index in [2.05, 4.69) is 178 Å². The van der Waals surface area contributed by atoms with Gasteiger partial charge < -0.3 is 18.4 Å². The summed E-state index contributed by atoms with van der Waals surface area (Å²) in [4.78, 5) is 4.71. The minimum absolute atomic E-state index is 0. The molecule has 9 aromatic rings. The fourth-order valence-electron chi connectivity index (χ4n) is 9.52. The third-order valence-corrected chi connectivity index (χ3v) is 12.3. The van der Waals surface area contributed by atoms with E-state index < -0.39 is 5.41 Å². The summed E-state index contributed by atoms with van der Waals surface area (Å²) >= 11 is 0. The van der Waals surface area contributed by atoms with Crippen LogP contribution < -0.4 is 9.30 Å². The van der Waals surface area contributed by atoms with Crippen LogP contribution in [-0.4, -0.2) is 14.1 Å². The fraction of sp³-hybridized carbons (Fsp3) is 0.192. The number of nitrogens with zero attached hydrogens (tertiary/aromatic N) is 4. The van der Waals surface area contributed by atoms with E-state index >= 15 is 0 Å². The molecule has 0 saturated heterocycles. The maximum Gasteiger partial charge on any atom is 0.242 e. The molecule has 58 heavy (non-hydrogen) atoms. The smallest absolute Gasteiger partial charge is 0.242 e. The molecule has 0 saturated carbocycles. The molecule has 0 unspecified atom stereocenters. The standard InChI is InChI=1S/C52H42N4O.Pd/c1-50(2,3)32-18-22-36-37-23-19-33(51(4,5)6)28-43(37)52(42(36)27-32)40-25-21-35(30-47(40)55-31-54(7)45-16-12-14-41(52)49(45)55)57-34-20-24-39-38-13-8-9-15-44(38)56(46(39)29-34)48-17-10-11-26-53-48;/h8-28H,1-7H3;/q-2;. The van der Waals surface area contributed by atoms with Crippen molar-refractivity contribution in [2.24, 2.45) is 7.05 Å². The summed E-state index contributed by atoms with van der Waals surface area (Å²) in [6.45, 7) is 13.8. The second-order valence-corrected chi connectivity index (χ2v) is 17.8. The van der Waals surface area contributed by atoms with Gasteiger partial charge in [-0.05, 0) is 73.4 Å². The third-order valence-electron chi connectivity index (χ3n) is 12.3. The predicted octanol–water partition coefficient (Wildman–Crippen LogP) is 11.4. The number of aromatic nitrogens is 4. The van der Waals surface area contributed by atoms with Crippen molar-refractivity contribution in [2.75, 3.05) is 0 Å². The molecule has 0 amide bonds. The predicted molar refractivity (Wildman–Crippen MR) is 228 cm³/mol. The molecule has 1 aliphatic heterocycles. The number of aryl methyl sites for hydroxylation is 1. The van der Waals surface area contributed by atoms with Crippen molar-refractivity contribution in [3.63, 3.8) is 0 Å². The van der Waals surface area contributed by atoms with E-state index in [1.807, 2.05) is 30.5 Å². The van der Waals surface area contributed by atoms with E-state index in [-0.39, 0.29) is 31.3 Å². The first-order valence-electron chi connectivity index (χ1n) is 19.8. The van der Waals surface area contributed by atoms with E-state index in [9.17, 15) is 0 Å². The van der Waals surface area contributed by atoms with Crippen LogP contribution in [0.25, 0.3) is 55.5 Å². The van der Waals surface area contributed by atoms with E-state index in [0.29, 0.717) is 11.5 Å². The molecular weight excluding hydrogens is 803 g/mol. The third kappa shape index (κ3) is 5.05. The number of pyridine rings is 1. The van der Waals surface area contributed by atoms with Crippen molar-refractivity contribution >= 4 is 32.8 Å². The van der Waals surface area contributed by atoms with E-state index in [4.69, 9.17) is 9.72 Å². The summed E-state index contributed by atoms with van der Waals surface area (Å²) in [5.74, 6) is 2.06. The van der Waals surface area contributed by atoms with Gasteiger partial charge in [0.2, 0.25) is 6.33 Å². The van der Waals surface area contributed by atoms with Gasteiger partial charge in [-0.15, -0.1) is 35.2 Å². The Balaban J connectivity index is 0.00000408. The van der Waals surface area contributed by atoms with Crippen molar-refractivity contribution in [3.8, 4) is 34.1 Å². The zero-order valence-corrected chi connectivity index (χ0v) is 35.2. The number of rotatable bonds is 3. The molecule has 1 spiro atoms. The molecule has 0 radical (unpaired) electrons. The Morgan fingerprint density at radius 1 is 0.638 bits per heavy atom. The van der Waals surface area contributed by atoms with Gasteiger partial charge in [0, 0.05) is 49.1 Å². The average Bonchev–Trinajstić information content (AvgIpc) is 3.82. The van der Waals surface area contributed by atoms with Gasteiger partial charge in [-0.3, -0.25) is 0 Å². The Labute approximate surface area is 353 Å². The summed E-state index contributed by atoms with van der Waals surface area (Å²) in [6, 6.07) is 51.4. The Morgan fingerprint density at radius 2 is 1.31 bits per heavy atom. The summed E-state index contributed by atoms with van der Waals surface area (Å²) in [5.41, 5.74) is 14.7. The zero-order valence-electron chi connectivity index (χ0n) is 33.6. The van der Waals surface area contributed by atoms with Gasteiger partial charge in [-0.2, -0.15) is 12.1 Å². The molecule has 1 aliphatic carbocycles. The van der Waals surface area contributed by atoms with Crippen molar-refractivity contribution in [3.05, 3.63) is 179 Å². The van der Waals surface area contributed by atoms with Gasteiger partial charge in [0.05, 0.1) is 18.1 Å². The second kappa shape index (κ2) is 12.6. The van der Waals surface area contributed by atoms with Gasteiger partial charge in [0.15, 0.2) is 0 Å². The van der Waals surface area contributed by atoms with Crippen LogP contribution in [0, 0.1) is 18.5 Å². The Morgan fingerprint density at radius 3 is 2.00 bits per heavy atom. The largest absolute Gasteiger partial charge is 0.510 e. The number of ether oxygens (including phenoxy) is 1. The van der Waals surface area contributed by atoms with Crippen molar-refractivity contribution < 1.29 is 29.7 Å². The minimum Gasteiger partial charge on any atom is -0.510 e. The first-order valence-corrected chi connectivity index (χ1v) is 19.8. The number of fused-ring (bicyclic) bond motifs is 12. The molecule has 0 bridgehead atoms. The normalized spacial score (nSPS) is 13.8. The molecule has 5 nitrogen and oxygen atoms in total. The van der Waals surface area contributed by atoms with E-state index in [1.54, 1.807) is 0 Å². The molecule has 4 heterocycles. The van der Waals surface area contributed by atoms with Crippen LogP contribution >= 0.6 is 0 Å². The number of hydrogen-bond donors (Lipinski definition) is 0. The Hall–Kier alpha value is -5.80. The van der Waals surface area contributed by atoms with Gasteiger partial charge in [0.25, 0.3) is 0 Å². The van der Waals surface area contributed by atoms with Crippen LogP contribution in [-0.2, 0) is 43.7 Å². The quantitative estimate of drug-likeness (QED) is 0.101. The first-order chi connectivity index (χ1) is 27.4. The molecule has 6 heteroatoms. The minimum atomic E-state index is -0.596. The molecule has 3 aromatic heterocycles. The van der Waals surface area contributed by atoms with Crippen LogP contribution in [0.1, 0.15) is 74.9 Å². The second-order valence-electron chi connectivity index (χ2n) is 17.8. The maximum absolute atomic E-state index is 6.77. The van der Waals surface area contributed by atoms with Gasteiger partial charge in [-0.1, -0.05) is 132 Å². The monoisotopic (exact) mass is 844 g/mol. The number of hydrogen-bond acceptors (Lipinski definition) is 2.